The molecule has 0 saturated heterocycles. The van der Waals surface area contributed by atoms with Gasteiger partial charge in [0.15, 0.2) is 0 Å². The topological polar surface area (TPSA) is 29.1 Å². The molecule has 0 saturated carbocycles. The fourth-order valence-electron chi connectivity index (χ4n) is 2.09. The van der Waals surface area contributed by atoms with Crippen molar-refractivity contribution >= 4 is 17.7 Å². The van der Waals surface area contributed by atoms with Gasteiger partial charge >= 0.3 is 0 Å². The van der Waals surface area contributed by atoms with E-state index in [0.717, 1.165) is 10.5 Å². The van der Waals surface area contributed by atoms with Crippen LogP contribution in [0.25, 0.3) is 0 Å². The highest BCUT2D eigenvalue weighted by Gasteiger charge is 2.22. The van der Waals surface area contributed by atoms with Gasteiger partial charge in [0.1, 0.15) is 0 Å². The Kier molecular flexibility index (Phi) is 3.07. The first-order valence-electron chi connectivity index (χ1n) is 5.93. The normalized spacial score (nSPS) is 18.7. The van der Waals surface area contributed by atoms with Crippen molar-refractivity contribution in [2.45, 2.75) is 10.1 Å². The minimum absolute atomic E-state index is 0.0246. The summed E-state index contributed by atoms with van der Waals surface area (Å²) in [6.45, 7) is 0.669. The summed E-state index contributed by atoms with van der Waals surface area (Å²) in [5.41, 5.74) is 2.03. The number of benzene rings is 2. The molecule has 0 spiro atoms. The summed E-state index contributed by atoms with van der Waals surface area (Å²) in [5, 5.41) is 3.27. The van der Waals surface area contributed by atoms with Gasteiger partial charge in [-0.3, -0.25) is 4.79 Å². The van der Waals surface area contributed by atoms with Gasteiger partial charge in [0.25, 0.3) is 5.91 Å². The second kappa shape index (κ2) is 4.86. The number of amides is 1. The number of nitrogens with one attached hydrogen (secondary N) is 1. The summed E-state index contributed by atoms with van der Waals surface area (Å²) in [6, 6.07) is 18.1. The molecule has 0 unspecified atom stereocenters. The van der Waals surface area contributed by atoms with E-state index in [2.05, 4.69) is 17.4 Å². The molecule has 1 atom stereocenters. The third-order valence-electron chi connectivity index (χ3n) is 3.02. The van der Waals surface area contributed by atoms with Crippen molar-refractivity contribution in [2.75, 3.05) is 6.54 Å². The molecule has 3 rings (SSSR count). The fourth-order valence-corrected chi connectivity index (χ4v) is 3.30. The second-order valence-electron chi connectivity index (χ2n) is 4.22. The molecule has 0 fully saturated rings. The summed E-state index contributed by atoms with van der Waals surface area (Å²) in [7, 11) is 0. The maximum absolute atomic E-state index is 12.0. The molecule has 2 nitrogen and oxygen atoms in total. The number of hydrogen-bond donors (Lipinski definition) is 1. The molecule has 3 heteroatoms. The van der Waals surface area contributed by atoms with Gasteiger partial charge in [-0.05, 0) is 17.7 Å². The number of thioether (sulfide) groups is 1. The van der Waals surface area contributed by atoms with E-state index in [4.69, 9.17) is 0 Å². The lowest BCUT2D eigenvalue weighted by Crippen LogP contribution is -2.25. The van der Waals surface area contributed by atoms with Crippen LogP contribution in [-0.2, 0) is 0 Å². The molecule has 18 heavy (non-hydrogen) atoms. The lowest BCUT2D eigenvalue weighted by Gasteiger charge is -2.14. The molecule has 0 aromatic heterocycles. The Hall–Kier alpha value is -1.74. The SMILES string of the molecule is O=C1NC[C@@H](c2ccccc2)Sc2ccccc21. The summed E-state index contributed by atoms with van der Waals surface area (Å²) >= 11 is 1.75. The highest BCUT2D eigenvalue weighted by atomic mass is 32.2. The first kappa shape index (κ1) is 11.4. The number of rotatable bonds is 1. The van der Waals surface area contributed by atoms with Crippen molar-refractivity contribution in [3.05, 3.63) is 65.7 Å². The Labute approximate surface area is 110 Å². The van der Waals surface area contributed by atoms with E-state index >= 15 is 0 Å². The van der Waals surface area contributed by atoms with Crippen molar-refractivity contribution in [3.63, 3.8) is 0 Å². The Bertz CT molecular complexity index is 568. The van der Waals surface area contributed by atoms with Crippen LogP contribution in [0.5, 0.6) is 0 Å². The largest absolute Gasteiger partial charge is 0.351 e. The van der Waals surface area contributed by atoms with Crippen LogP contribution in [0.4, 0.5) is 0 Å². The maximum atomic E-state index is 12.0. The Morgan fingerprint density at radius 3 is 2.56 bits per heavy atom. The highest BCUT2D eigenvalue weighted by Crippen LogP contribution is 2.38. The third-order valence-corrected chi connectivity index (χ3v) is 4.35. The van der Waals surface area contributed by atoms with Gasteiger partial charge in [0.05, 0.1) is 10.8 Å². The standard InChI is InChI=1S/C15H13NOS/c17-15-12-8-4-5-9-13(12)18-14(10-16-15)11-6-2-1-3-7-11/h1-9,14H,10H2,(H,16,17)/t14-/m0/s1. The van der Waals surface area contributed by atoms with Crippen LogP contribution >= 0.6 is 11.8 Å². The molecule has 90 valence electrons. The molecule has 1 N–H and O–H groups in total. The molecule has 1 aliphatic heterocycles. The molecular weight excluding hydrogens is 242 g/mol. The van der Waals surface area contributed by atoms with Gasteiger partial charge in [0, 0.05) is 11.4 Å². The predicted molar refractivity (Wildman–Crippen MR) is 73.8 cm³/mol. The Balaban J connectivity index is 1.97. The summed E-state index contributed by atoms with van der Waals surface area (Å²) < 4.78 is 0. The Morgan fingerprint density at radius 1 is 1.00 bits per heavy atom. The summed E-state index contributed by atoms with van der Waals surface area (Å²) in [4.78, 5) is 13.0. The van der Waals surface area contributed by atoms with Gasteiger partial charge in [-0.15, -0.1) is 11.8 Å². The van der Waals surface area contributed by atoms with Crippen LogP contribution in [0.15, 0.2) is 59.5 Å². The van der Waals surface area contributed by atoms with Gasteiger partial charge in [-0.2, -0.15) is 0 Å². The van der Waals surface area contributed by atoms with Crippen LogP contribution in [-0.4, -0.2) is 12.5 Å². The lowest BCUT2D eigenvalue weighted by atomic mass is 10.1. The molecular formula is C15H13NOS. The average molecular weight is 255 g/mol. The van der Waals surface area contributed by atoms with Crippen molar-refractivity contribution in [1.29, 1.82) is 0 Å². The Morgan fingerprint density at radius 2 is 1.72 bits per heavy atom. The molecule has 0 bridgehead atoms. The fraction of sp³-hybridized carbons (Fsp3) is 0.133. The van der Waals surface area contributed by atoms with Crippen molar-refractivity contribution in [3.8, 4) is 0 Å². The minimum Gasteiger partial charge on any atom is -0.351 e. The van der Waals surface area contributed by atoms with E-state index < -0.39 is 0 Å². The van der Waals surface area contributed by atoms with Gasteiger partial charge < -0.3 is 5.32 Å². The van der Waals surface area contributed by atoms with E-state index in [1.165, 1.54) is 5.56 Å². The molecule has 2 aromatic carbocycles. The van der Waals surface area contributed by atoms with Crippen LogP contribution in [0.3, 0.4) is 0 Å². The smallest absolute Gasteiger partial charge is 0.252 e. The maximum Gasteiger partial charge on any atom is 0.252 e. The first-order valence-corrected chi connectivity index (χ1v) is 6.81. The number of carbonyl (C=O) groups excluding carboxylic acids is 1. The number of hydrogen-bond acceptors (Lipinski definition) is 2. The zero-order chi connectivity index (χ0) is 12.4. The van der Waals surface area contributed by atoms with E-state index in [-0.39, 0.29) is 11.2 Å². The minimum atomic E-state index is 0.0246. The number of carbonyl (C=O) groups is 1. The zero-order valence-corrected chi connectivity index (χ0v) is 10.6. The molecule has 2 aromatic rings. The van der Waals surface area contributed by atoms with Crippen LogP contribution < -0.4 is 5.32 Å². The van der Waals surface area contributed by atoms with Gasteiger partial charge in [-0.25, -0.2) is 0 Å². The van der Waals surface area contributed by atoms with Crippen LogP contribution in [0.2, 0.25) is 0 Å². The van der Waals surface area contributed by atoms with E-state index in [1.54, 1.807) is 11.8 Å². The molecule has 1 heterocycles. The monoisotopic (exact) mass is 255 g/mol. The van der Waals surface area contributed by atoms with Crippen LogP contribution in [0.1, 0.15) is 21.2 Å². The third kappa shape index (κ3) is 2.14. The quantitative estimate of drug-likeness (QED) is 0.847. The zero-order valence-electron chi connectivity index (χ0n) is 9.80. The lowest BCUT2D eigenvalue weighted by molar-refractivity contribution is 0.0952. The van der Waals surface area contributed by atoms with Crippen molar-refractivity contribution in [2.24, 2.45) is 0 Å². The second-order valence-corrected chi connectivity index (χ2v) is 5.47. The van der Waals surface area contributed by atoms with Gasteiger partial charge in [0.2, 0.25) is 0 Å². The van der Waals surface area contributed by atoms with Crippen molar-refractivity contribution < 1.29 is 4.79 Å². The van der Waals surface area contributed by atoms with Crippen LogP contribution in [0, 0.1) is 0 Å². The number of fused-ring (bicyclic) bond motifs is 1. The van der Waals surface area contributed by atoms with E-state index in [1.807, 2.05) is 42.5 Å². The highest BCUT2D eigenvalue weighted by molar-refractivity contribution is 7.99. The molecule has 1 amide bonds. The summed E-state index contributed by atoms with van der Waals surface area (Å²) in [6.07, 6.45) is 0. The summed E-state index contributed by atoms with van der Waals surface area (Å²) in [5.74, 6) is 0.0246. The van der Waals surface area contributed by atoms with Crippen molar-refractivity contribution in [1.82, 2.24) is 5.32 Å². The molecule has 1 aliphatic rings. The van der Waals surface area contributed by atoms with E-state index in [9.17, 15) is 4.79 Å². The molecule has 0 radical (unpaired) electrons. The average Bonchev–Trinajstić information content (AvgIpc) is 2.60. The first-order chi connectivity index (χ1) is 8.84. The predicted octanol–water partition coefficient (Wildman–Crippen LogP) is 3.26. The van der Waals surface area contributed by atoms with E-state index in [0.29, 0.717) is 6.54 Å². The molecule has 0 aliphatic carbocycles. The van der Waals surface area contributed by atoms with Gasteiger partial charge in [-0.1, -0.05) is 42.5 Å².